The Morgan fingerprint density at radius 1 is 1.34 bits per heavy atom. The van der Waals surface area contributed by atoms with Gasteiger partial charge in [0.05, 0.1) is 11.3 Å². The number of hydrogen-bond acceptors (Lipinski definition) is 7. The summed E-state index contributed by atoms with van der Waals surface area (Å²) in [5.41, 5.74) is -0.127. The number of halogens is 1. The Balaban J connectivity index is 1.96. The van der Waals surface area contributed by atoms with Crippen LogP contribution in [0.4, 0.5) is 10.2 Å². The SMILES string of the molecule is [B]c1c(NC(=O)c2nsc3ccc(F)cc23)nc(C(=O)OCC)n1CC(=O)NC. The van der Waals surface area contributed by atoms with Crippen LogP contribution >= 0.6 is 11.5 Å². The van der Waals surface area contributed by atoms with E-state index >= 15 is 0 Å². The van der Waals surface area contributed by atoms with Crippen molar-refractivity contribution < 1.29 is 23.5 Å². The Bertz CT molecular complexity index is 1110. The number of rotatable bonds is 6. The van der Waals surface area contributed by atoms with Crippen LogP contribution in [0.5, 0.6) is 0 Å². The standard InChI is InChI=1S/C17H15BFN5O4S/c1-3-28-17(27)15-21-14(13(18)24(15)7-11(25)20-2)22-16(26)12-9-6-8(19)4-5-10(9)29-23-12/h4-6H,3,7H2,1-2H3,(H,20,25)(H,22,26). The highest BCUT2D eigenvalue weighted by atomic mass is 32.1. The minimum atomic E-state index is -0.801. The van der Waals surface area contributed by atoms with Gasteiger partial charge in [-0.3, -0.25) is 9.59 Å². The van der Waals surface area contributed by atoms with E-state index in [1.165, 1.54) is 25.2 Å². The van der Waals surface area contributed by atoms with E-state index in [0.717, 1.165) is 16.1 Å². The third kappa shape index (κ3) is 4.11. The van der Waals surface area contributed by atoms with Crippen molar-refractivity contribution in [3.8, 4) is 0 Å². The molecule has 0 unspecified atom stereocenters. The lowest BCUT2D eigenvalue weighted by molar-refractivity contribution is -0.121. The largest absolute Gasteiger partial charge is 0.460 e. The second-order valence-electron chi connectivity index (χ2n) is 5.77. The summed E-state index contributed by atoms with van der Waals surface area (Å²) in [6.07, 6.45) is 0. The third-order valence-corrected chi connectivity index (χ3v) is 4.75. The average Bonchev–Trinajstić information content (AvgIpc) is 3.24. The topological polar surface area (TPSA) is 115 Å². The van der Waals surface area contributed by atoms with Crippen LogP contribution in [0.3, 0.4) is 0 Å². The average molecular weight is 415 g/mol. The van der Waals surface area contributed by atoms with E-state index in [0.29, 0.717) is 10.1 Å². The maximum atomic E-state index is 13.5. The van der Waals surface area contributed by atoms with Gasteiger partial charge in [-0.2, -0.15) is 4.37 Å². The Morgan fingerprint density at radius 2 is 2.10 bits per heavy atom. The summed E-state index contributed by atoms with van der Waals surface area (Å²) >= 11 is 1.04. The molecule has 0 saturated heterocycles. The summed E-state index contributed by atoms with van der Waals surface area (Å²) in [6, 6.07) is 3.99. The number of benzene rings is 1. The van der Waals surface area contributed by atoms with E-state index in [9.17, 15) is 18.8 Å². The Labute approximate surface area is 169 Å². The van der Waals surface area contributed by atoms with Crippen LogP contribution < -0.4 is 16.2 Å². The molecule has 2 N–H and O–H groups in total. The highest BCUT2D eigenvalue weighted by molar-refractivity contribution is 7.13. The number of nitrogens with zero attached hydrogens (tertiary/aromatic N) is 3. The number of imidazole rings is 1. The first-order valence-corrected chi connectivity index (χ1v) is 9.23. The molecule has 12 heteroatoms. The first kappa shape index (κ1) is 20.5. The molecular formula is C17H15BFN5O4S. The molecule has 2 aromatic heterocycles. The van der Waals surface area contributed by atoms with Gasteiger partial charge < -0.3 is 19.9 Å². The minimum absolute atomic E-state index is 0.0116. The Morgan fingerprint density at radius 3 is 2.79 bits per heavy atom. The number of carbonyl (C=O) groups is 3. The molecular weight excluding hydrogens is 400 g/mol. The quantitative estimate of drug-likeness (QED) is 0.450. The summed E-state index contributed by atoms with van der Waals surface area (Å²) in [4.78, 5) is 40.6. The van der Waals surface area contributed by atoms with Gasteiger partial charge in [-0.05, 0) is 36.7 Å². The van der Waals surface area contributed by atoms with E-state index in [1.54, 1.807) is 6.92 Å². The van der Waals surface area contributed by atoms with Crippen molar-refractivity contribution in [2.24, 2.45) is 0 Å². The van der Waals surface area contributed by atoms with Crippen molar-refractivity contribution in [2.45, 2.75) is 13.5 Å². The van der Waals surface area contributed by atoms with Crippen LogP contribution in [0.25, 0.3) is 10.1 Å². The summed E-state index contributed by atoms with van der Waals surface area (Å²) in [5.74, 6) is -2.81. The van der Waals surface area contributed by atoms with Crippen LogP contribution in [0.1, 0.15) is 28.0 Å². The van der Waals surface area contributed by atoms with E-state index in [4.69, 9.17) is 12.6 Å². The van der Waals surface area contributed by atoms with Gasteiger partial charge in [-0.25, -0.2) is 14.2 Å². The predicted octanol–water partition coefficient (Wildman–Crippen LogP) is 0.601. The van der Waals surface area contributed by atoms with Gasteiger partial charge >= 0.3 is 5.97 Å². The number of anilines is 1. The molecule has 0 aliphatic heterocycles. The molecule has 0 aliphatic rings. The van der Waals surface area contributed by atoms with Crippen molar-refractivity contribution in [1.82, 2.24) is 19.2 Å². The second-order valence-corrected chi connectivity index (χ2v) is 6.58. The fourth-order valence-electron chi connectivity index (χ4n) is 2.53. The minimum Gasteiger partial charge on any atom is -0.460 e. The molecule has 2 amide bonds. The summed E-state index contributed by atoms with van der Waals surface area (Å²) in [5, 5.41) is 5.20. The van der Waals surface area contributed by atoms with E-state index in [1.807, 2.05) is 0 Å². The zero-order valence-corrected chi connectivity index (χ0v) is 16.3. The van der Waals surface area contributed by atoms with Gasteiger partial charge in [-0.1, -0.05) is 0 Å². The fraction of sp³-hybridized carbons (Fsp3) is 0.235. The summed E-state index contributed by atoms with van der Waals surface area (Å²) in [7, 11) is 7.42. The molecule has 3 aromatic rings. The van der Waals surface area contributed by atoms with Gasteiger partial charge in [0.1, 0.15) is 31.7 Å². The maximum Gasteiger partial charge on any atom is 0.374 e. The molecule has 2 heterocycles. The molecule has 3 rings (SSSR count). The molecule has 2 radical (unpaired) electrons. The van der Waals surface area contributed by atoms with E-state index in [2.05, 4.69) is 20.0 Å². The van der Waals surface area contributed by atoms with Crippen molar-refractivity contribution in [3.05, 3.63) is 35.5 Å². The van der Waals surface area contributed by atoms with Gasteiger partial charge in [0.25, 0.3) is 5.91 Å². The zero-order valence-electron chi connectivity index (χ0n) is 15.5. The molecule has 0 saturated carbocycles. The molecule has 0 bridgehead atoms. The summed E-state index contributed by atoms with van der Waals surface area (Å²) < 4.78 is 24.3. The lowest BCUT2D eigenvalue weighted by Crippen LogP contribution is -2.32. The highest BCUT2D eigenvalue weighted by Crippen LogP contribution is 2.24. The van der Waals surface area contributed by atoms with E-state index in [-0.39, 0.29) is 36.1 Å². The first-order chi connectivity index (χ1) is 13.8. The smallest absolute Gasteiger partial charge is 0.374 e. The number of amides is 2. The number of fused-ring (bicyclic) bond motifs is 1. The van der Waals surface area contributed by atoms with Crippen LogP contribution in [-0.2, 0) is 16.1 Å². The van der Waals surface area contributed by atoms with Crippen LogP contribution in [0, 0.1) is 5.82 Å². The summed E-state index contributed by atoms with van der Waals surface area (Å²) in [6.45, 7) is 1.40. The van der Waals surface area contributed by atoms with Crippen molar-refractivity contribution in [3.63, 3.8) is 0 Å². The van der Waals surface area contributed by atoms with Crippen molar-refractivity contribution >= 4 is 58.7 Å². The zero-order chi connectivity index (χ0) is 21.1. The normalized spacial score (nSPS) is 10.7. The molecule has 0 atom stereocenters. The predicted molar refractivity (Wildman–Crippen MR) is 105 cm³/mol. The molecule has 9 nitrogen and oxygen atoms in total. The lowest BCUT2D eigenvalue weighted by Gasteiger charge is -2.09. The monoisotopic (exact) mass is 415 g/mol. The van der Waals surface area contributed by atoms with Crippen molar-refractivity contribution in [1.29, 1.82) is 0 Å². The maximum absolute atomic E-state index is 13.5. The lowest BCUT2D eigenvalue weighted by atomic mass is 10.0. The number of ether oxygens (including phenoxy) is 1. The molecule has 0 aliphatic carbocycles. The second kappa shape index (κ2) is 8.39. The number of esters is 1. The third-order valence-electron chi connectivity index (χ3n) is 3.92. The number of hydrogen-bond donors (Lipinski definition) is 2. The number of nitrogens with one attached hydrogen (secondary N) is 2. The Hall–Kier alpha value is -3.28. The number of aromatic nitrogens is 3. The molecule has 1 aromatic carbocycles. The van der Waals surface area contributed by atoms with Gasteiger partial charge in [0.15, 0.2) is 0 Å². The highest BCUT2D eigenvalue weighted by Gasteiger charge is 2.24. The first-order valence-electron chi connectivity index (χ1n) is 8.45. The molecule has 148 valence electrons. The van der Waals surface area contributed by atoms with Crippen LogP contribution in [0.15, 0.2) is 18.2 Å². The molecule has 0 spiro atoms. The fourth-order valence-corrected chi connectivity index (χ4v) is 3.29. The van der Waals surface area contributed by atoms with Crippen LogP contribution in [0.2, 0.25) is 0 Å². The van der Waals surface area contributed by atoms with E-state index < -0.39 is 23.6 Å². The Kier molecular flexibility index (Phi) is 5.92. The van der Waals surface area contributed by atoms with Gasteiger partial charge in [0, 0.05) is 18.0 Å². The molecule has 29 heavy (non-hydrogen) atoms. The van der Waals surface area contributed by atoms with Crippen LogP contribution in [-0.4, -0.2) is 53.2 Å². The molecule has 0 fully saturated rings. The number of carbonyl (C=O) groups excluding carboxylic acids is 3. The van der Waals surface area contributed by atoms with Gasteiger partial charge in [-0.15, -0.1) is 0 Å². The van der Waals surface area contributed by atoms with Gasteiger partial charge in [0.2, 0.25) is 11.7 Å². The number of likely N-dealkylation sites (N-methyl/N-ethyl adjacent to an activating group) is 1. The van der Waals surface area contributed by atoms with Crippen molar-refractivity contribution in [2.75, 3.05) is 19.0 Å².